The van der Waals surface area contributed by atoms with Crippen molar-refractivity contribution in [3.63, 3.8) is 0 Å². The number of hydrogen-bond acceptors (Lipinski definition) is 4. The van der Waals surface area contributed by atoms with Gasteiger partial charge in [0.15, 0.2) is 0 Å². The number of furan rings is 1. The minimum absolute atomic E-state index is 0.218. The van der Waals surface area contributed by atoms with Gasteiger partial charge in [0.05, 0.1) is 12.5 Å². The SMILES string of the molecule is CCNC(Cc1ncnn1C(C)C)c1ccoc1. The van der Waals surface area contributed by atoms with Crippen molar-refractivity contribution >= 4 is 0 Å². The number of aromatic nitrogens is 3. The molecule has 1 atom stereocenters. The van der Waals surface area contributed by atoms with E-state index in [0.29, 0.717) is 6.04 Å². The summed E-state index contributed by atoms with van der Waals surface area (Å²) in [5.41, 5.74) is 1.15. The van der Waals surface area contributed by atoms with Gasteiger partial charge in [-0.15, -0.1) is 0 Å². The standard InChI is InChI=1S/C13H20N4O/c1-4-14-12(11-5-6-18-8-11)7-13-15-9-16-17(13)10(2)3/h5-6,8-10,12,14H,4,7H2,1-3H3. The van der Waals surface area contributed by atoms with Crippen molar-refractivity contribution < 1.29 is 4.42 Å². The van der Waals surface area contributed by atoms with Gasteiger partial charge in [0.2, 0.25) is 0 Å². The van der Waals surface area contributed by atoms with Crippen molar-refractivity contribution in [1.82, 2.24) is 20.1 Å². The minimum atomic E-state index is 0.218. The molecule has 0 amide bonds. The Kier molecular flexibility index (Phi) is 4.15. The Labute approximate surface area is 107 Å². The molecule has 2 rings (SSSR count). The number of nitrogens with zero attached hydrogens (tertiary/aromatic N) is 3. The summed E-state index contributed by atoms with van der Waals surface area (Å²) in [6.07, 6.45) is 5.91. The van der Waals surface area contributed by atoms with Crippen molar-refractivity contribution in [2.75, 3.05) is 6.54 Å². The first-order chi connectivity index (χ1) is 8.72. The molecule has 0 spiro atoms. The highest BCUT2D eigenvalue weighted by molar-refractivity contribution is 5.13. The zero-order valence-electron chi connectivity index (χ0n) is 11.1. The molecule has 0 saturated carbocycles. The second-order valence-corrected chi connectivity index (χ2v) is 4.59. The molecule has 5 nitrogen and oxygen atoms in total. The molecule has 0 aromatic carbocycles. The normalized spacial score (nSPS) is 13.1. The van der Waals surface area contributed by atoms with Gasteiger partial charge in [0.1, 0.15) is 12.2 Å². The monoisotopic (exact) mass is 248 g/mol. The summed E-state index contributed by atoms with van der Waals surface area (Å²) in [5.74, 6) is 0.997. The summed E-state index contributed by atoms with van der Waals surface area (Å²) >= 11 is 0. The molecule has 0 radical (unpaired) electrons. The van der Waals surface area contributed by atoms with Gasteiger partial charge < -0.3 is 9.73 Å². The average Bonchev–Trinajstić information content (AvgIpc) is 2.99. The number of rotatable bonds is 6. The van der Waals surface area contributed by atoms with Gasteiger partial charge in [-0.05, 0) is 26.5 Å². The van der Waals surface area contributed by atoms with Crippen LogP contribution in [-0.2, 0) is 6.42 Å². The summed E-state index contributed by atoms with van der Waals surface area (Å²) < 4.78 is 7.12. The van der Waals surface area contributed by atoms with Crippen LogP contribution in [0.15, 0.2) is 29.3 Å². The quantitative estimate of drug-likeness (QED) is 0.852. The smallest absolute Gasteiger partial charge is 0.138 e. The third kappa shape index (κ3) is 2.79. The molecule has 0 aliphatic rings. The Morgan fingerprint density at radius 3 is 2.89 bits per heavy atom. The number of nitrogens with one attached hydrogen (secondary N) is 1. The Balaban J connectivity index is 2.16. The molecule has 0 fully saturated rings. The fraction of sp³-hybridized carbons (Fsp3) is 0.538. The minimum Gasteiger partial charge on any atom is -0.472 e. The van der Waals surface area contributed by atoms with Crippen molar-refractivity contribution in [2.24, 2.45) is 0 Å². The van der Waals surface area contributed by atoms with Crippen LogP contribution in [0.4, 0.5) is 0 Å². The predicted molar refractivity (Wildman–Crippen MR) is 69.2 cm³/mol. The third-order valence-electron chi connectivity index (χ3n) is 2.92. The van der Waals surface area contributed by atoms with Gasteiger partial charge >= 0.3 is 0 Å². The van der Waals surface area contributed by atoms with Crippen LogP contribution in [0.25, 0.3) is 0 Å². The highest BCUT2D eigenvalue weighted by atomic mass is 16.3. The van der Waals surface area contributed by atoms with Gasteiger partial charge in [-0.2, -0.15) is 5.10 Å². The second kappa shape index (κ2) is 5.82. The lowest BCUT2D eigenvalue weighted by Gasteiger charge is -2.17. The van der Waals surface area contributed by atoms with Crippen LogP contribution in [0.2, 0.25) is 0 Å². The van der Waals surface area contributed by atoms with Crippen LogP contribution in [-0.4, -0.2) is 21.3 Å². The van der Waals surface area contributed by atoms with E-state index in [4.69, 9.17) is 4.42 Å². The molecule has 0 bridgehead atoms. The molecule has 1 N–H and O–H groups in total. The first-order valence-electron chi connectivity index (χ1n) is 6.36. The summed E-state index contributed by atoms with van der Waals surface area (Å²) in [6, 6.07) is 2.54. The third-order valence-corrected chi connectivity index (χ3v) is 2.92. The van der Waals surface area contributed by atoms with Crippen molar-refractivity contribution in [2.45, 2.75) is 39.3 Å². The fourth-order valence-corrected chi connectivity index (χ4v) is 2.06. The topological polar surface area (TPSA) is 55.9 Å². The van der Waals surface area contributed by atoms with Crippen LogP contribution < -0.4 is 5.32 Å². The average molecular weight is 248 g/mol. The van der Waals surface area contributed by atoms with E-state index < -0.39 is 0 Å². The highest BCUT2D eigenvalue weighted by Gasteiger charge is 2.17. The predicted octanol–water partition coefficient (Wildman–Crippen LogP) is 2.35. The molecule has 2 aromatic heterocycles. The van der Waals surface area contributed by atoms with E-state index in [2.05, 4.69) is 36.2 Å². The Morgan fingerprint density at radius 2 is 2.28 bits per heavy atom. The highest BCUT2D eigenvalue weighted by Crippen LogP contribution is 2.19. The zero-order chi connectivity index (χ0) is 13.0. The molecular formula is C13H20N4O. The van der Waals surface area contributed by atoms with Crippen LogP contribution in [0.5, 0.6) is 0 Å². The van der Waals surface area contributed by atoms with Crippen molar-refractivity contribution in [1.29, 1.82) is 0 Å². The van der Waals surface area contributed by atoms with Gasteiger partial charge in [-0.3, -0.25) is 0 Å². The zero-order valence-corrected chi connectivity index (χ0v) is 11.1. The largest absolute Gasteiger partial charge is 0.472 e. The summed E-state index contributed by atoms with van der Waals surface area (Å²) in [4.78, 5) is 4.35. The van der Waals surface area contributed by atoms with Crippen LogP contribution in [0.3, 0.4) is 0 Å². The van der Waals surface area contributed by atoms with Crippen LogP contribution in [0, 0.1) is 0 Å². The van der Waals surface area contributed by atoms with E-state index in [9.17, 15) is 0 Å². The molecule has 0 saturated heterocycles. The van der Waals surface area contributed by atoms with E-state index in [-0.39, 0.29) is 6.04 Å². The van der Waals surface area contributed by atoms with E-state index >= 15 is 0 Å². The lowest BCUT2D eigenvalue weighted by atomic mass is 10.1. The van der Waals surface area contributed by atoms with Crippen molar-refractivity contribution in [3.8, 4) is 0 Å². The van der Waals surface area contributed by atoms with E-state index in [1.54, 1.807) is 18.9 Å². The van der Waals surface area contributed by atoms with E-state index in [0.717, 1.165) is 24.4 Å². The van der Waals surface area contributed by atoms with E-state index in [1.807, 2.05) is 10.7 Å². The molecular weight excluding hydrogens is 228 g/mol. The lowest BCUT2D eigenvalue weighted by Crippen LogP contribution is -2.24. The van der Waals surface area contributed by atoms with Gasteiger partial charge in [-0.1, -0.05) is 6.92 Å². The van der Waals surface area contributed by atoms with Gasteiger partial charge in [0.25, 0.3) is 0 Å². The summed E-state index contributed by atoms with van der Waals surface area (Å²) in [6.45, 7) is 7.22. The van der Waals surface area contributed by atoms with Crippen LogP contribution >= 0.6 is 0 Å². The maximum absolute atomic E-state index is 5.16. The molecule has 5 heteroatoms. The molecule has 98 valence electrons. The van der Waals surface area contributed by atoms with Crippen LogP contribution in [0.1, 0.15) is 44.2 Å². The summed E-state index contributed by atoms with van der Waals surface area (Å²) in [7, 11) is 0. The van der Waals surface area contributed by atoms with Gasteiger partial charge in [0, 0.05) is 24.1 Å². The number of likely N-dealkylation sites (N-methyl/N-ethyl adjacent to an activating group) is 1. The number of hydrogen-bond donors (Lipinski definition) is 1. The fourth-order valence-electron chi connectivity index (χ4n) is 2.06. The first-order valence-corrected chi connectivity index (χ1v) is 6.36. The van der Waals surface area contributed by atoms with Gasteiger partial charge in [-0.25, -0.2) is 9.67 Å². The molecule has 18 heavy (non-hydrogen) atoms. The Morgan fingerprint density at radius 1 is 1.44 bits per heavy atom. The molecule has 0 aliphatic carbocycles. The summed E-state index contributed by atoms with van der Waals surface area (Å²) in [5, 5.41) is 7.71. The maximum Gasteiger partial charge on any atom is 0.138 e. The molecule has 2 heterocycles. The first kappa shape index (κ1) is 12.8. The second-order valence-electron chi connectivity index (χ2n) is 4.59. The Bertz CT molecular complexity index is 461. The molecule has 0 aliphatic heterocycles. The Hall–Kier alpha value is -1.62. The molecule has 1 unspecified atom stereocenters. The maximum atomic E-state index is 5.16. The van der Waals surface area contributed by atoms with Crippen molar-refractivity contribution in [3.05, 3.63) is 36.3 Å². The molecule has 2 aromatic rings. The lowest BCUT2D eigenvalue weighted by molar-refractivity contribution is 0.465. The van der Waals surface area contributed by atoms with E-state index in [1.165, 1.54) is 0 Å².